The highest BCUT2D eigenvalue weighted by atomic mass is 19.4. The third-order valence-electron chi connectivity index (χ3n) is 3.23. The molecular weight excluding hydrogens is 253 g/mol. The molecule has 0 fully saturated rings. The topological polar surface area (TPSA) is 24.9 Å². The van der Waals surface area contributed by atoms with Crippen molar-refractivity contribution in [1.29, 1.82) is 0 Å². The van der Waals surface area contributed by atoms with Crippen LogP contribution in [-0.2, 0) is 6.18 Å². The van der Waals surface area contributed by atoms with Crippen LogP contribution in [0.15, 0.2) is 30.0 Å². The van der Waals surface area contributed by atoms with Gasteiger partial charge in [-0.2, -0.15) is 13.2 Å². The molecule has 0 atom stereocenters. The number of hydrogen-bond acceptors (Lipinski definition) is 2. The Bertz CT molecular complexity index is 435. The Morgan fingerprint density at radius 3 is 2.63 bits per heavy atom. The summed E-state index contributed by atoms with van der Waals surface area (Å²) in [5.41, 5.74) is 0.721. The van der Waals surface area contributed by atoms with E-state index in [0.717, 1.165) is 31.5 Å². The molecule has 0 amide bonds. The molecule has 2 rings (SSSR count). The van der Waals surface area contributed by atoms with Crippen LogP contribution in [-0.4, -0.2) is 11.5 Å². The average Bonchev–Trinajstić information content (AvgIpc) is 2.39. The van der Waals surface area contributed by atoms with E-state index in [1.807, 2.05) is 0 Å². The Labute approximate surface area is 110 Å². The lowest BCUT2D eigenvalue weighted by Gasteiger charge is -2.13. The number of nitrogens with one attached hydrogen (secondary N) is 1. The molecule has 104 valence electrons. The Morgan fingerprint density at radius 1 is 1.21 bits per heavy atom. The first-order chi connectivity index (χ1) is 9.05. The minimum Gasteiger partial charge on any atom is -0.370 e. The van der Waals surface area contributed by atoms with Crippen molar-refractivity contribution in [2.75, 3.05) is 11.9 Å². The summed E-state index contributed by atoms with van der Waals surface area (Å²) in [6.45, 7) is 0.712. The summed E-state index contributed by atoms with van der Waals surface area (Å²) < 4.78 is 37.0. The maximum absolute atomic E-state index is 12.3. The highest BCUT2D eigenvalue weighted by Crippen LogP contribution is 2.28. The third-order valence-corrected chi connectivity index (χ3v) is 3.23. The maximum Gasteiger partial charge on any atom is 0.417 e. The lowest BCUT2D eigenvalue weighted by Crippen LogP contribution is -2.08. The third kappa shape index (κ3) is 4.26. The van der Waals surface area contributed by atoms with Crippen LogP contribution < -0.4 is 5.32 Å². The molecule has 1 aromatic heterocycles. The van der Waals surface area contributed by atoms with Crippen LogP contribution >= 0.6 is 0 Å². The molecule has 0 aromatic carbocycles. The summed E-state index contributed by atoms with van der Waals surface area (Å²) in [4.78, 5) is 3.78. The number of hydrogen-bond donors (Lipinski definition) is 1. The summed E-state index contributed by atoms with van der Waals surface area (Å²) in [5, 5.41) is 3.05. The number of allylic oxidation sites excluding steroid dienone is 1. The molecule has 0 unspecified atom stereocenters. The van der Waals surface area contributed by atoms with E-state index < -0.39 is 11.7 Å². The fourth-order valence-electron chi connectivity index (χ4n) is 2.15. The quantitative estimate of drug-likeness (QED) is 0.820. The van der Waals surface area contributed by atoms with Crippen LogP contribution in [0.2, 0.25) is 0 Å². The molecule has 0 bridgehead atoms. The van der Waals surface area contributed by atoms with E-state index in [4.69, 9.17) is 0 Å². The van der Waals surface area contributed by atoms with Gasteiger partial charge in [0.2, 0.25) is 0 Å². The highest BCUT2D eigenvalue weighted by Gasteiger charge is 2.30. The predicted octanol–water partition coefficient (Wildman–Crippen LogP) is 4.40. The molecular formula is C14H17F3N2. The van der Waals surface area contributed by atoms with Crippen molar-refractivity contribution in [3.05, 3.63) is 35.5 Å². The normalized spacial score (nSPS) is 16.1. The van der Waals surface area contributed by atoms with Crippen molar-refractivity contribution in [3.8, 4) is 0 Å². The van der Waals surface area contributed by atoms with Gasteiger partial charge in [0.15, 0.2) is 0 Å². The lowest BCUT2D eigenvalue weighted by molar-refractivity contribution is -0.137. The second-order valence-electron chi connectivity index (χ2n) is 4.71. The van der Waals surface area contributed by atoms with Gasteiger partial charge in [0, 0.05) is 12.7 Å². The molecule has 0 saturated carbocycles. The molecule has 0 radical (unpaired) electrons. The van der Waals surface area contributed by atoms with E-state index in [1.54, 1.807) is 0 Å². The van der Waals surface area contributed by atoms with Crippen molar-refractivity contribution in [1.82, 2.24) is 4.98 Å². The number of alkyl halides is 3. The molecule has 5 heteroatoms. The van der Waals surface area contributed by atoms with E-state index in [1.165, 1.54) is 24.5 Å². The van der Waals surface area contributed by atoms with Gasteiger partial charge in [-0.05, 0) is 44.2 Å². The average molecular weight is 270 g/mol. The second-order valence-corrected chi connectivity index (χ2v) is 4.71. The van der Waals surface area contributed by atoms with Crippen LogP contribution in [0.25, 0.3) is 0 Å². The van der Waals surface area contributed by atoms with Crippen molar-refractivity contribution >= 4 is 5.82 Å². The first-order valence-electron chi connectivity index (χ1n) is 6.51. The molecule has 1 heterocycles. The van der Waals surface area contributed by atoms with Gasteiger partial charge in [-0.15, -0.1) is 0 Å². The summed E-state index contributed by atoms with van der Waals surface area (Å²) in [6, 6.07) is 2.42. The Balaban J connectivity index is 1.81. The van der Waals surface area contributed by atoms with E-state index in [0.29, 0.717) is 12.4 Å². The fourth-order valence-corrected chi connectivity index (χ4v) is 2.15. The first kappa shape index (κ1) is 13.9. The smallest absolute Gasteiger partial charge is 0.370 e. The number of anilines is 1. The number of halogens is 3. The van der Waals surface area contributed by atoms with Crippen LogP contribution in [0.5, 0.6) is 0 Å². The lowest BCUT2D eigenvalue weighted by atomic mass is 9.97. The van der Waals surface area contributed by atoms with Crippen molar-refractivity contribution in [2.45, 2.75) is 38.3 Å². The molecule has 1 N–H and O–H groups in total. The minimum atomic E-state index is -4.32. The molecule has 2 nitrogen and oxygen atoms in total. The molecule has 0 aliphatic heterocycles. The monoisotopic (exact) mass is 270 g/mol. The Morgan fingerprint density at radius 2 is 2.05 bits per heavy atom. The predicted molar refractivity (Wildman–Crippen MR) is 68.9 cm³/mol. The Kier molecular flexibility index (Phi) is 4.45. The minimum absolute atomic E-state index is 0.490. The van der Waals surface area contributed by atoms with Gasteiger partial charge in [0.25, 0.3) is 0 Å². The van der Waals surface area contributed by atoms with Gasteiger partial charge in [-0.1, -0.05) is 11.6 Å². The van der Waals surface area contributed by atoms with Gasteiger partial charge in [0.1, 0.15) is 5.82 Å². The fraction of sp³-hybridized carbons (Fsp3) is 0.500. The largest absolute Gasteiger partial charge is 0.417 e. The maximum atomic E-state index is 12.3. The standard InChI is InChI=1S/C14H17F3N2/c15-14(16,17)12-6-7-13(19-10-12)18-9-8-11-4-2-1-3-5-11/h4,6-7,10H,1-3,5,8-9H2,(H,18,19). The van der Waals surface area contributed by atoms with Gasteiger partial charge >= 0.3 is 6.18 Å². The number of nitrogens with zero attached hydrogens (tertiary/aromatic N) is 1. The van der Waals surface area contributed by atoms with E-state index >= 15 is 0 Å². The first-order valence-corrected chi connectivity index (χ1v) is 6.51. The second kappa shape index (κ2) is 6.08. The van der Waals surface area contributed by atoms with E-state index in [2.05, 4.69) is 16.4 Å². The van der Waals surface area contributed by atoms with E-state index in [-0.39, 0.29) is 0 Å². The van der Waals surface area contributed by atoms with Crippen LogP contribution in [0.1, 0.15) is 37.7 Å². The van der Waals surface area contributed by atoms with Crippen molar-refractivity contribution in [3.63, 3.8) is 0 Å². The van der Waals surface area contributed by atoms with Gasteiger partial charge < -0.3 is 5.32 Å². The van der Waals surface area contributed by atoms with Crippen LogP contribution in [0, 0.1) is 0 Å². The summed E-state index contributed by atoms with van der Waals surface area (Å²) in [5.74, 6) is 0.490. The molecule has 1 aromatic rings. The molecule has 1 aliphatic rings. The summed E-state index contributed by atoms with van der Waals surface area (Å²) in [7, 11) is 0. The van der Waals surface area contributed by atoms with Crippen LogP contribution in [0.3, 0.4) is 0 Å². The highest BCUT2D eigenvalue weighted by molar-refractivity contribution is 5.36. The SMILES string of the molecule is FC(F)(F)c1ccc(NCCC2=CCCCC2)nc1. The van der Waals surface area contributed by atoms with Crippen LogP contribution in [0.4, 0.5) is 19.0 Å². The van der Waals surface area contributed by atoms with Crippen molar-refractivity contribution in [2.24, 2.45) is 0 Å². The molecule has 0 saturated heterocycles. The molecule has 1 aliphatic carbocycles. The molecule has 19 heavy (non-hydrogen) atoms. The summed E-state index contributed by atoms with van der Waals surface area (Å²) >= 11 is 0. The zero-order chi connectivity index (χ0) is 13.7. The number of pyridine rings is 1. The number of rotatable bonds is 4. The van der Waals surface area contributed by atoms with Crippen molar-refractivity contribution < 1.29 is 13.2 Å². The molecule has 0 spiro atoms. The summed E-state index contributed by atoms with van der Waals surface area (Å²) in [6.07, 6.45) is 4.53. The Hall–Kier alpha value is -1.52. The zero-order valence-corrected chi connectivity index (χ0v) is 10.6. The van der Waals surface area contributed by atoms with E-state index in [9.17, 15) is 13.2 Å². The van der Waals surface area contributed by atoms with Gasteiger partial charge in [0.05, 0.1) is 5.56 Å². The van der Waals surface area contributed by atoms with Gasteiger partial charge in [-0.3, -0.25) is 0 Å². The number of aromatic nitrogens is 1. The van der Waals surface area contributed by atoms with Gasteiger partial charge in [-0.25, -0.2) is 4.98 Å². The zero-order valence-electron chi connectivity index (χ0n) is 10.6.